The second kappa shape index (κ2) is 7.52. The Morgan fingerprint density at radius 2 is 2.26 bits per heavy atom. The Balaban J connectivity index is 2.51. The minimum Gasteiger partial charge on any atom is -0.435 e. The van der Waals surface area contributed by atoms with Crippen LogP contribution in [0.1, 0.15) is 5.56 Å². The van der Waals surface area contributed by atoms with Crippen molar-refractivity contribution in [2.45, 2.75) is 13.2 Å². The van der Waals surface area contributed by atoms with Crippen molar-refractivity contribution < 1.29 is 23.4 Å². The van der Waals surface area contributed by atoms with Crippen molar-refractivity contribution >= 4 is 6.03 Å². The number of hydrogen-bond acceptors (Lipinski definition) is 3. The number of urea groups is 1. The van der Waals surface area contributed by atoms with E-state index in [1.54, 1.807) is 19.2 Å². The highest BCUT2D eigenvalue weighted by atomic mass is 19.3. The van der Waals surface area contributed by atoms with Crippen molar-refractivity contribution in [2.24, 2.45) is 0 Å². The van der Waals surface area contributed by atoms with Crippen LogP contribution in [0.3, 0.4) is 0 Å². The summed E-state index contributed by atoms with van der Waals surface area (Å²) in [7, 11) is 1.54. The summed E-state index contributed by atoms with van der Waals surface area (Å²) in [4.78, 5) is 12.8. The van der Waals surface area contributed by atoms with Crippen molar-refractivity contribution in [3.63, 3.8) is 0 Å². The largest absolute Gasteiger partial charge is 0.435 e. The molecule has 0 aliphatic rings. The normalized spacial score (nSPS) is 10.4. The van der Waals surface area contributed by atoms with E-state index in [9.17, 15) is 13.6 Å². The van der Waals surface area contributed by atoms with Crippen LogP contribution in [0.5, 0.6) is 5.75 Å². The number of carbonyl (C=O) groups is 1. The zero-order chi connectivity index (χ0) is 14.3. The van der Waals surface area contributed by atoms with Gasteiger partial charge in [-0.05, 0) is 17.7 Å². The number of ether oxygens (including phenoxy) is 1. The fourth-order valence-electron chi connectivity index (χ4n) is 1.40. The Labute approximate surface area is 109 Å². The first kappa shape index (κ1) is 15.2. The lowest BCUT2D eigenvalue weighted by molar-refractivity contribution is -0.0498. The summed E-state index contributed by atoms with van der Waals surface area (Å²) in [6.45, 7) is -2.59. The summed E-state index contributed by atoms with van der Waals surface area (Å²) >= 11 is 0. The third kappa shape index (κ3) is 5.52. The van der Waals surface area contributed by atoms with Crippen LogP contribution >= 0.6 is 0 Å². The third-order valence-electron chi connectivity index (χ3n) is 2.35. The molecule has 7 heteroatoms. The molecule has 2 amide bonds. The lowest BCUT2D eigenvalue weighted by atomic mass is 10.2. The minimum absolute atomic E-state index is 0.0467. The fraction of sp³-hybridized carbons (Fsp3) is 0.417. The number of rotatable bonds is 6. The Bertz CT molecular complexity index is 416. The molecule has 0 saturated carbocycles. The number of aliphatic hydroxyl groups is 1. The van der Waals surface area contributed by atoms with Gasteiger partial charge in [-0.2, -0.15) is 8.78 Å². The lowest BCUT2D eigenvalue weighted by Crippen LogP contribution is -2.38. The number of carbonyl (C=O) groups excluding carboxylic acids is 1. The number of aliphatic hydroxyl groups excluding tert-OH is 1. The molecule has 0 heterocycles. The predicted molar refractivity (Wildman–Crippen MR) is 65.0 cm³/mol. The van der Waals surface area contributed by atoms with Crippen molar-refractivity contribution in [1.29, 1.82) is 0 Å². The highest BCUT2D eigenvalue weighted by molar-refractivity contribution is 5.73. The summed E-state index contributed by atoms with van der Waals surface area (Å²) in [5, 5.41) is 11.3. The molecule has 0 saturated heterocycles. The first-order chi connectivity index (χ1) is 9.02. The van der Waals surface area contributed by atoms with E-state index in [1.807, 2.05) is 0 Å². The summed E-state index contributed by atoms with van der Waals surface area (Å²) in [6.07, 6.45) is 0. The van der Waals surface area contributed by atoms with Gasteiger partial charge in [0.2, 0.25) is 0 Å². The molecule has 0 radical (unpaired) electrons. The van der Waals surface area contributed by atoms with Crippen LogP contribution < -0.4 is 10.1 Å². The summed E-state index contributed by atoms with van der Waals surface area (Å²) in [5.41, 5.74) is 0.642. The van der Waals surface area contributed by atoms with Crippen LogP contribution in [0.15, 0.2) is 24.3 Å². The van der Waals surface area contributed by atoms with Gasteiger partial charge in [0.1, 0.15) is 5.75 Å². The minimum atomic E-state index is -2.87. The van der Waals surface area contributed by atoms with Crippen LogP contribution in [0.2, 0.25) is 0 Å². The molecular weight excluding hydrogens is 258 g/mol. The number of benzene rings is 1. The van der Waals surface area contributed by atoms with E-state index in [0.29, 0.717) is 5.56 Å². The SMILES string of the molecule is CN(CCO)C(=O)NCc1cccc(OC(F)F)c1. The van der Waals surface area contributed by atoms with E-state index in [2.05, 4.69) is 10.1 Å². The molecule has 2 N–H and O–H groups in total. The lowest BCUT2D eigenvalue weighted by Gasteiger charge is -2.16. The van der Waals surface area contributed by atoms with Gasteiger partial charge >= 0.3 is 12.6 Å². The van der Waals surface area contributed by atoms with E-state index in [-0.39, 0.29) is 31.5 Å². The van der Waals surface area contributed by atoms with Gasteiger partial charge in [-0.1, -0.05) is 12.1 Å². The average Bonchev–Trinajstić information content (AvgIpc) is 2.36. The van der Waals surface area contributed by atoms with Crippen LogP contribution in [-0.2, 0) is 6.54 Å². The predicted octanol–water partition coefficient (Wildman–Crippen LogP) is 1.42. The number of likely N-dealkylation sites (N-methyl/N-ethyl adjacent to an activating group) is 1. The molecule has 1 rings (SSSR count). The van der Waals surface area contributed by atoms with E-state index >= 15 is 0 Å². The van der Waals surface area contributed by atoms with Gasteiger partial charge < -0.3 is 20.1 Å². The maximum atomic E-state index is 12.0. The van der Waals surface area contributed by atoms with E-state index < -0.39 is 6.61 Å². The first-order valence-corrected chi connectivity index (χ1v) is 5.66. The third-order valence-corrected chi connectivity index (χ3v) is 2.35. The second-order valence-corrected chi connectivity index (χ2v) is 3.83. The van der Waals surface area contributed by atoms with E-state index in [0.717, 1.165) is 0 Å². The first-order valence-electron chi connectivity index (χ1n) is 5.66. The van der Waals surface area contributed by atoms with Gasteiger partial charge in [0.25, 0.3) is 0 Å². The Morgan fingerprint density at radius 1 is 1.53 bits per heavy atom. The van der Waals surface area contributed by atoms with Gasteiger partial charge in [-0.3, -0.25) is 0 Å². The van der Waals surface area contributed by atoms with Crippen molar-refractivity contribution in [3.8, 4) is 5.75 Å². The average molecular weight is 274 g/mol. The van der Waals surface area contributed by atoms with Crippen LogP contribution in [0, 0.1) is 0 Å². The molecule has 0 aliphatic heterocycles. The van der Waals surface area contributed by atoms with Crippen LogP contribution in [-0.4, -0.2) is 42.8 Å². The number of nitrogens with zero attached hydrogens (tertiary/aromatic N) is 1. The summed E-state index contributed by atoms with van der Waals surface area (Å²) in [6, 6.07) is 5.74. The van der Waals surface area contributed by atoms with Gasteiger partial charge in [-0.25, -0.2) is 4.79 Å². The summed E-state index contributed by atoms with van der Waals surface area (Å²) in [5.74, 6) is 0.0467. The molecule has 0 spiro atoms. The monoisotopic (exact) mass is 274 g/mol. The molecule has 19 heavy (non-hydrogen) atoms. The molecule has 1 aromatic carbocycles. The maximum absolute atomic E-state index is 12.0. The van der Waals surface area contributed by atoms with Crippen molar-refractivity contribution in [2.75, 3.05) is 20.2 Å². The molecule has 0 aliphatic carbocycles. The molecule has 0 bridgehead atoms. The Kier molecular flexibility index (Phi) is 6.01. The van der Waals surface area contributed by atoms with Gasteiger partial charge in [-0.15, -0.1) is 0 Å². The Morgan fingerprint density at radius 3 is 2.89 bits per heavy atom. The highest BCUT2D eigenvalue weighted by Gasteiger charge is 2.08. The number of hydrogen-bond donors (Lipinski definition) is 2. The number of amides is 2. The molecule has 0 fully saturated rings. The second-order valence-electron chi connectivity index (χ2n) is 3.83. The van der Waals surface area contributed by atoms with E-state index in [1.165, 1.54) is 17.0 Å². The standard InChI is InChI=1S/C12H16F2N2O3/c1-16(5-6-17)12(18)15-8-9-3-2-4-10(7-9)19-11(13)14/h2-4,7,11,17H,5-6,8H2,1H3,(H,15,18). The molecule has 0 aromatic heterocycles. The van der Waals surface area contributed by atoms with Gasteiger partial charge in [0.05, 0.1) is 6.61 Å². The summed E-state index contributed by atoms with van der Waals surface area (Å²) < 4.78 is 28.3. The maximum Gasteiger partial charge on any atom is 0.387 e. The highest BCUT2D eigenvalue weighted by Crippen LogP contribution is 2.15. The Hall–Kier alpha value is -1.89. The number of halogens is 2. The smallest absolute Gasteiger partial charge is 0.387 e. The van der Waals surface area contributed by atoms with Gasteiger partial charge in [0.15, 0.2) is 0 Å². The quantitative estimate of drug-likeness (QED) is 0.824. The number of alkyl halides is 2. The molecule has 1 aromatic rings. The topological polar surface area (TPSA) is 61.8 Å². The molecule has 0 unspecified atom stereocenters. The van der Waals surface area contributed by atoms with Crippen LogP contribution in [0.25, 0.3) is 0 Å². The zero-order valence-corrected chi connectivity index (χ0v) is 10.5. The molecular formula is C12H16F2N2O3. The molecule has 106 valence electrons. The van der Waals surface area contributed by atoms with Crippen LogP contribution in [0.4, 0.5) is 13.6 Å². The fourth-order valence-corrected chi connectivity index (χ4v) is 1.40. The van der Waals surface area contributed by atoms with Gasteiger partial charge in [0, 0.05) is 20.1 Å². The van der Waals surface area contributed by atoms with Crippen molar-refractivity contribution in [3.05, 3.63) is 29.8 Å². The van der Waals surface area contributed by atoms with Crippen molar-refractivity contribution in [1.82, 2.24) is 10.2 Å². The number of nitrogens with one attached hydrogen (secondary N) is 1. The van der Waals surface area contributed by atoms with E-state index in [4.69, 9.17) is 5.11 Å². The zero-order valence-electron chi connectivity index (χ0n) is 10.5. The molecule has 0 atom stereocenters. The molecule has 5 nitrogen and oxygen atoms in total.